The molecule has 0 bridgehead atoms. The van der Waals surface area contributed by atoms with E-state index in [0.717, 1.165) is 6.42 Å². The van der Waals surface area contributed by atoms with Gasteiger partial charge in [0, 0.05) is 20.3 Å². The fourth-order valence-electron chi connectivity index (χ4n) is 0.987. The van der Waals surface area contributed by atoms with Crippen LogP contribution in [0.5, 0.6) is 0 Å². The minimum Gasteiger partial charge on any atom is -0.400 e. The zero-order valence-corrected chi connectivity index (χ0v) is 9.30. The minimum absolute atomic E-state index is 0.474. The Morgan fingerprint density at radius 2 is 1.53 bits per heavy atom. The maximum Gasteiger partial charge on any atom is 0.615 e. The Morgan fingerprint density at radius 3 is 2.07 bits per heavy atom. The van der Waals surface area contributed by atoms with Gasteiger partial charge in [-0.2, -0.15) is 0 Å². The molecule has 1 heterocycles. The summed E-state index contributed by atoms with van der Waals surface area (Å²) in [5.74, 6) is 0. The van der Waals surface area contributed by atoms with Crippen LogP contribution in [0, 0.1) is 0 Å². The summed E-state index contributed by atoms with van der Waals surface area (Å²) in [6.45, 7) is 4.85. The smallest absolute Gasteiger partial charge is 0.400 e. The van der Waals surface area contributed by atoms with Crippen LogP contribution in [0.25, 0.3) is 0 Å². The first-order valence-electron chi connectivity index (χ1n) is 5.02. The number of rotatable bonds is 6. The maximum atomic E-state index is 5.26. The molecule has 0 saturated carbocycles. The van der Waals surface area contributed by atoms with Gasteiger partial charge in [0.05, 0.1) is 0 Å². The third-order valence-corrected chi connectivity index (χ3v) is 1.62. The molecule has 0 aliphatic carbocycles. The molecule has 0 aromatic carbocycles. The predicted octanol–water partition coefficient (Wildman–Crippen LogP) is 0.114. The fraction of sp³-hybridized carbons (Fsp3) is 1.00. The van der Waals surface area contributed by atoms with Crippen molar-refractivity contribution in [3.8, 4) is 0 Å². The first-order valence-corrected chi connectivity index (χ1v) is 5.02. The van der Waals surface area contributed by atoms with Gasteiger partial charge in [-0.3, -0.25) is 0 Å². The Labute approximate surface area is 91.0 Å². The molecule has 84 valence electrons. The Morgan fingerprint density at radius 1 is 0.933 bits per heavy atom. The van der Waals surface area contributed by atoms with Crippen molar-refractivity contribution in [3.63, 3.8) is 0 Å². The van der Waals surface area contributed by atoms with Gasteiger partial charge in [0.1, 0.15) is 0 Å². The molecule has 1 saturated heterocycles. The van der Waals surface area contributed by atoms with Gasteiger partial charge >= 0.3 is 22.0 Å². The van der Waals surface area contributed by atoms with E-state index in [1.54, 1.807) is 0 Å². The molecule has 0 aromatic rings. The minimum atomic E-state index is -0.822. The second-order valence-corrected chi connectivity index (χ2v) is 2.84. The summed E-state index contributed by atoms with van der Waals surface area (Å²) < 4.78 is 30.7. The third kappa shape index (κ3) is 4.54. The van der Waals surface area contributed by atoms with Crippen molar-refractivity contribution >= 4 is 22.0 Å². The van der Waals surface area contributed by atoms with Gasteiger partial charge in [-0.15, -0.1) is 0 Å². The molecule has 15 heavy (non-hydrogen) atoms. The van der Waals surface area contributed by atoms with E-state index in [-0.39, 0.29) is 0 Å². The van der Waals surface area contributed by atoms with Crippen molar-refractivity contribution in [1.82, 2.24) is 0 Å². The molecule has 9 heteroatoms. The van der Waals surface area contributed by atoms with Gasteiger partial charge in [-0.25, -0.2) is 0 Å². The zero-order valence-electron chi connectivity index (χ0n) is 9.30. The van der Waals surface area contributed by atoms with E-state index in [9.17, 15) is 0 Å². The average molecular weight is 216 g/mol. The highest BCUT2D eigenvalue weighted by molar-refractivity contribution is 6.66. The van der Waals surface area contributed by atoms with E-state index in [1.165, 1.54) is 7.11 Å². The fourth-order valence-corrected chi connectivity index (χ4v) is 0.987. The molecule has 1 aliphatic heterocycles. The van der Waals surface area contributed by atoms with Crippen LogP contribution in [0.15, 0.2) is 0 Å². The Bertz CT molecular complexity index is 173. The van der Waals surface area contributed by atoms with Crippen LogP contribution in [0.4, 0.5) is 0 Å². The molecular formula is C6H15B3O6. The van der Waals surface area contributed by atoms with Gasteiger partial charge in [0.15, 0.2) is 0 Å². The molecular weight excluding hydrogens is 200 g/mol. The second kappa shape index (κ2) is 7.26. The second-order valence-electron chi connectivity index (χ2n) is 2.84. The molecule has 0 unspecified atom stereocenters. The lowest BCUT2D eigenvalue weighted by molar-refractivity contribution is 0.0774. The standard InChI is InChI=1S/C6H15B3O6/c1-4-6-12-9-14-7(10-3)13-8(15-9)11-5-2/h4-6H2,1-3H3. The summed E-state index contributed by atoms with van der Waals surface area (Å²) in [5.41, 5.74) is 0. The van der Waals surface area contributed by atoms with E-state index in [0.29, 0.717) is 13.2 Å². The van der Waals surface area contributed by atoms with Crippen LogP contribution in [-0.4, -0.2) is 42.3 Å². The molecule has 0 N–H and O–H groups in total. The normalized spacial score (nSPS) is 17.4. The van der Waals surface area contributed by atoms with E-state index < -0.39 is 22.0 Å². The van der Waals surface area contributed by atoms with Gasteiger partial charge in [0.2, 0.25) is 0 Å². The monoisotopic (exact) mass is 216 g/mol. The van der Waals surface area contributed by atoms with E-state index in [1.807, 2.05) is 13.8 Å². The highest BCUT2D eigenvalue weighted by Gasteiger charge is 2.45. The number of hydrogen-bond donors (Lipinski definition) is 0. The lowest BCUT2D eigenvalue weighted by Gasteiger charge is -2.26. The molecule has 0 radical (unpaired) electrons. The van der Waals surface area contributed by atoms with Crippen molar-refractivity contribution in [2.24, 2.45) is 0 Å². The SMILES string of the molecule is CCCOB1OB(OC)OB(OCC)O1. The van der Waals surface area contributed by atoms with Crippen molar-refractivity contribution in [2.45, 2.75) is 20.3 Å². The summed E-state index contributed by atoms with van der Waals surface area (Å²) >= 11 is 0. The van der Waals surface area contributed by atoms with Crippen molar-refractivity contribution < 1.29 is 27.7 Å². The molecule has 1 aliphatic rings. The lowest BCUT2D eigenvalue weighted by atomic mass is 9.97. The molecule has 0 atom stereocenters. The molecule has 0 aromatic heterocycles. The van der Waals surface area contributed by atoms with Crippen LogP contribution < -0.4 is 0 Å². The van der Waals surface area contributed by atoms with E-state index in [2.05, 4.69) is 0 Å². The van der Waals surface area contributed by atoms with Crippen LogP contribution in [-0.2, 0) is 27.7 Å². The lowest BCUT2D eigenvalue weighted by Crippen LogP contribution is -2.52. The van der Waals surface area contributed by atoms with Crippen molar-refractivity contribution in [3.05, 3.63) is 0 Å². The summed E-state index contributed by atoms with van der Waals surface area (Å²) in [7, 11) is -0.969. The highest BCUT2D eigenvalue weighted by Crippen LogP contribution is 2.10. The summed E-state index contributed by atoms with van der Waals surface area (Å²) in [4.78, 5) is 0. The molecule has 0 amide bonds. The van der Waals surface area contributed by atoms with Gasteiger partial charge in [0.25, 0.3) is 0 Å². The molecule has 0 spiro atoms. The maximum absolute atomic E-state index is 5.26. The van der Waals surface area contributed by atoms with E-state index in [4.69, 9.17) is 27.7 Å². The summed E-state index contributed by atoms with van der Waals surface area (Å²) in [5, 5.41) is 0. The van der Waals surface area contributed by atoms with Crippen LogP contribution in [0.3, 0.4) is 0 Å². The topological polar surface area (TPSA) is 55.4 Å². The summed E-state index contributed by atoms with van der Waals surface area (Å²) in [6, 6.07) is 0. The highest BCUT2D eigenvalue weighted by atomic mass is 16.9. The molecule has 6 nitrogen and oxygen atoms in total. The number of hydrogen-bond acceptors (Lipinski definition) is 6. The van der Waals surface area contributed by atoms with Crippen molar-refractivity contribution in [1.29, 1.82) is 0 Å². The molecule has 1 rings (SSSR count). The Hall–Kier alpha value is -0.0452. The predicted molar refractivity (Wildman–Crippen MR) is 55.4 cm³/mol. The third-order valence-electron chi connectivity index (χ3n) is 1.62. The quantitative estimate of drug-likeness (QED) is 0.587. The Balaban J connectivity index is 2.36. The molecule has 1 fully saturated rings. The van der Waals surface area contributed by atoms with Crippen LogP contribution >= 0.6 is 0 Å². The van der Waals surface area contributed by atoms with Gasteiger partial charge in [-0.1, -0.05) is 6.92 Å². The van der Waals surface area contributed by atoms with E-state index >= 15 is 0 Å². The average Bonchev–Trinajstić information content (AvgIpc) is 2.26. The first-order chi connectivity index (χ1) is 7.30. The van der Waals surface area contributed by atoms with Crippen LogP contribution in [0.1, 0.15) is 20.3 Å². The summed E-state index contributed by atoms with van der Waals surface area (Å²) in [6.07, 6.45) is 0.876. The zero-order chi connectivity index (χ0) is 11.1. The van der Waals surface area contributed by atoms with Crippen LogP contribution in [0.2, 0.25) is 0 Å². The van der Waals surface area contributed by atoms with Crippen molar-refractivity contribution in [2.75, 3.05) is 20.3 Å². The first kappa shape index (κ1) is 13.0. The Kier molecular flexibility index (Phi) is 6.31. The van der Waals surface area contributed by atoms with Gasteiger partial charge < -0.3 is 27.7 Å². The van der Waals surface area contributed by atoms with Gasteiger partial charge in [-0.05, 0) is 13.3 Å². The largest absolute Gasteiger partial charge is 0.615 e.